The number of halogens is 1. The monoisotopic (exact) mass is 236 g/mol. The molecule has 1 aliphatic carbocycles. The third-order valence-electron chi connectivity index (χ3n) is 3.54. The van der Waals surface area contributed by atoms with E-state index in [-0.39, 0.29) is 0 Å². The molecule has 0 amide bonds. The minimum Gasteiger partial charge on any atom is -0.341 e. The minimum absolute atomic E-state index is 0.603. The van der Waals surface area contributed by atoms with E-state index < -0.39 is 0 Å². The fraction of sp³-hybridized carbons (Fsp3) is 0.583. The van der Waals surface area contributed by atoms with Crippen molar-refractivity contribution in [1.82, 2.24) is 9.97 Å². The first kappa shape index (κ1) is 10.3. The fourth-order valence-electron chi connectivity index (χ4n) is 2.46. The molecular formula is C12H15ClN3. The molecule has 16 heavy (non-hydrogen) atoms. The van der Waals surface area contributed by atoms with Crippen LogP contribution in [0, 0.1) is 18.3 Å². The molecule has 1 radical (unpaired) electrons. The maximum Gasteiger partial charge on any atom is 0.225 e. The molecule has 1 atom stereocenters. The number of nitrogens with zero attached hydrogens (tertiary/aromatic N) is 3. The van der Waals surface area contributed by atoms with E-state index in [9.17, 15) is 0 Å². The quantitative estimate of drug-likeness (QED) is 0.790. The average molecular weight is 237 g/mol. The lowest BCUT2D eigenvalue weighted by molar-refractivity contribution is 0.368. The summed E-state index contributed by atoms with van der Waals surface area (Å²) in [4.78, 5) is 10.8. The summed E-state index contributed by atoms with van der Waals surface area (Å²) in [5.74, 6) is 2.64. The molecule has 0 N–H and O–H groups in total. The third kappa shape index (κ3) is 2.14. The van der Waals surface area contributed by atoms with Crippen LogP contribution in [0.3, 0.4) is 0 Å². The molecule has 2 aliphatic rings. The molecule has 2 fully saturated rings. The maximum atomic E-state index is 5.78. The zero-order chi connectivity index (χ0) is 11.0. The molecule has 0 aromatic carbocycles. The van der Waals surface area contributed by atoms with Crippen LogP contribution in [0.2, 0.25) is 5.02 Å². The molecule has 2 heterocycles. The Hall–Kier alpha value is -0.830. The summed E-state index contributed by atoms with van der Waals surface area (Å²) in [5.41, 5.74) is 0. The molecule has 3 nitrogen and oxygen atoms in total. The minimum atomic E-state index is 0.603. The molecule has 1 saturated carbocycles. The predicted octanol–water partition coefficient (Wildman–Crippen LogP) is 2.57. The summed E-state index contributed by atoms with van der Waals surface area (Å²) in [7, 11) is 0. The van der Waals surface area contributed by atoms with Gasteiger partial charge in [-0.1, -0.05) is 11.6 Å². The van der Waals surface area contributed by atoms with Crippen molar-refractivity contribution in [2.75, 3.05) is 18.0 Å². The van der Waals surface area contributed by atoms with Gasteiger partial charge in [0.2, 0.25) is 5.95 Å². The number of piperidine rings is 1. The summed E-state index contributed by atoms with van der Waals surface area (Å²) in [6, 6.07) is 0. The Morgan fingerprint density at radius 2 is 1.81 bits per heavy atom. The first-order chi connectivity index (χ1) is 7.83. The zero-order valence-electron chi connectivity index (χ0n) is 9.14. The molecule has 0 bridgehead atoms. The Kier molecular flexibility index (Phi) is 2.72. The summed E-state index contributed by atoms with van der Waals surface area (Å²) in [5, 5.41) is 0.603. The fourth-order valence-corrected chi connectivity index (χ4v) is 2.56. The largest absolute Gasteiger partial charge is 0.341 e. The lowest BCUT2D eigenvalue weighted by atomic mass is 9.92. The number of rotatable bonds is 2. The zero-order valence-corrected chi connectivity index (χ0v) is 9.90. The molecule has 1 saturated heterocycles. The summed E-state index contributed by atoms with van der Waals surface area (Å²) < 4.78 is 0. The van der Waals surface area contributed by atoms with Gasteiger partial charge in [-0.25, -0.2) is 9.97 Å². The van der Waals surface area contributed by atoms with Crippen LogP contribution in [0.1, 0.15) is 19.3 Å². The molecular weight excluding hydrogens is 222 g/mol. The molecule has 1 aromatic rings. The molecule has 3 rings (SSSR count). The normalized spacial score (nSPS) is 22.4. The second kappa shape index (κ2) is 4.21. The number of hydrogen-bond acceptors (Lipinski definition) is 3. The molecule has 0 unspecified atom stereocenters. The van der Waals surface area contributed by atoms with Crippen LogP contribution in [-0.2, 0) is 0 Å². The predicted molar refractivity (Wildman–Crippen MR) is 64.4 cm³/mol. The highest BCUT2D eigenvalue weighted by atomic mass is 35.5. The van der Waals surface area contributed by atoms with E-state index >= 15 is 0 Å². The third-order valence-corrected chi connectivity index (χ3v) is 3.74. The Balaban J connectivity index is 1.62. The lowest BCUT2D eigenvalue weighted by Gasteiger charge is -2.31. The molecule has 85 valence electrons. The van der Waals surface area contributed by atoms with E-state index in [1.165, 1.54) is 19.3 Å². The highest BCUT2D eigenvalue weighted by Crippen LogP contribution is 2.40. The van der Waals surface area contributed by atoms with Crippen molar-refractivity contribution in [3.63, 3.8) is 0 Å². The Morgan fingerprint density at radius 3 is 2.38 bits per heavy atom. The van der Waals surface area contributed by atoms with Gasteiger partial charge in [0.1, 0.15) is 0 Å². The number of aromatic nitrogens is 2. The van der Waals surface area contributed by atoms with E-state index in [0.717, 1.165) is 30.9 Å². The second-order valence-corrected chi connectivity index (χ2v) is 5.10. The molecule has 4 heteroatoms. The van der Waals surface area contributed by atoms with Gasteiger partial charge in [0.25, 0.3) is 0 Å². The van der Waals surface area contributed by atoms with Crippen LogP contribution in [0.15, 0.2) is 12.4 Å². The van der Waals surface area contributed by atoms with Crippen LogP contribution in [0.5, 0.6) is 0 Å². The van der Waals surface area contributed by atoms with Gasteiger partial charge in [-0.2, -0.15) is 0 Å². The van der Waals surface area contributed by atoms with Crippen molar-refractivity contribution >= 4 is 17.5 Å². The molecule has 1 aliphatic heterocycles. The van der Waals surface area contributed by atoms with E-state index in [1.54, 1.807) is 12.4 Å². The standard InChI is InChI=1S/C12H15ClN3/c13-11-7-14-12(15-8-11)16-5-3-10(4-6-16)9-1-2-9/h1,7-10H,2-6H2/t9-/m1/s1. The first-order valence-corrected chi connectivity index (χ1v) is 6.26. The smallest absolute Gasteiger partial charge is 0.225 e. The Morgan fingerprint density at radius 1 is 1.19 bits per heavy atom. The van der Waals surface area contributed by atoms with Crippen LogP contribution in [0.25, 0.3) is 0 Å². The van der Waals surface area contributed by atoms with Crippen molar-refractivity contribution in [2.45, 2.75) is 19.3 Å². The van der Waals surface area contributed by atoms with Gasteiger partial charge in [0, 0.05) is 13.1 Å². The van der Waals surface area contributed by atoms with Crippen molar-refractivity contribution in [3.8, 4) is 0 Å². The highest BCUT2D eigenvalue weighted by molar-refractivity contribution is 6.30. The number of hydrogen-bond donors (Lipinski definition) is 0. The van der Waals surface area contributed by atoms with Gasteiger partial charge in [-0.05, 0) is 37.5 Å². The average Bonchev–Trinajstić information content (AvgIpc) is 3.14. The summed E-state index contributed by atoms with van der Waals surface area (Å²) in [6.07, 6.45) is 9.65. The molecule has 1 aromatic heterocycles. The van der Waals surface area contributed by atoms with Crippen LogP contribution < -0.4 is 4.90 Å². The number of anilines is 1. The van der Waals surface area contributed by atoms with Gasteiger partial charge >= 0.3 is 0 Å². The van der Waals surface area contributed by atoms with Gasteiger partial charge < -0.3 is 4.90 Å². The van der Waals surface area contributed by atoms with Crippen LogP contribution in [-0.4, -0.2) is 23.1 Å². The van der Waals surface area contributed by atoms with Crippen LogP contribution >= 0.6 is 11.6 Å². The topological polar surface area (TPSA) is 29.0 Å². The summed E-state index contributed by atoms with van der Waals surface area (Å²) in [6.45, 7) is 2.16. The van der Waals surface area contributed by atoms with Gasteiger partial charge in [-0.3, -0.25) is 0 Å². The second-order valence-electron chi connectivity index (χ2n) is 4.66. The van der Waals surface area contributed by atoms with Gasteiger partial charge in [0.15, 0.2) is 0 Å². The Labute approximate surface area is 101 Å². The Bertz CT molecular complexity index is 353. The molecule has 0 spiro atoms. The van der Waals surface area contributed by atoms with Crippen LogP contribution in [0.4, 0.5) is 5.95 Å². The van der Waals surface area contributed by atoms with E-state index in [0.29, 0.717) is 5.02 Å². The van der Waals surface area contributed by atoms with Crippen molar-refractivity contribution < 1.29 is 0 Å². The van der Waals surface area contributed by atoms with E-state index in [4.69, 9.17) is 11.6 Å². The SMILES string of the molecule is Clc1cnc(N2CCC([C@@H]3[CH]C3)CC2)nc1. The van der Waals surface area contributed by atoms with Crippen molar-refractivity contribution in [2.24, 2.45) is 11.8 Å². The van der Waals surface area contributed by atoms with Crippen molar-refractivity contribution in [1.29, 1.82) is 0 Å². The maximum absolute atomic E-state index is 5.78. The van der Waals surface area contributed by atoms with E-state index in [2.05, 4.69) is 21.3 Å². The lowest BCUT2D eigenvalue weighted by Crippen LogP contribution is -2.35. The summed E-state index contributed by atoms with van der Waals surface area (Å²) >= 11 is 5.78. The first-order valence-electron chi connectivity index (χ1n) is 5.89. The van der Waals surface area contributed by atoms with Gasteiger partial charge in [-0.15, -0.1) is 0 Å². The highest BCUT2D eigenvalue weighted by Gasteiger charge is 2.34. The van der Waals surface area contributed by atoms with Crippen molar-refractivity contribution in [3.05, 3.63) is 23.8 Å². The van der Waals surface area contributed by atoms with E-state index in [1.807, 2.05) is 0 Å². The van der Waals surface area contributed by atoms with Gasteiger partial charge in [0.05, 0.1) is 17.4 Å².